The Kier molecular flexibility index (Phi) is 8.21. The van der Waals surface area contributed by atoms with Crippen LogP contribution >= 0.6 is 0 Å². The predicted octanol–water partition coefficient (Wildman–Crippen LogP) is 5.47. The predicted molar refractivity (Wildman–Crippen MR) is 95.1 cm³/mol. The Morgan fingerprint density at radius 3 is 1.50 bits per heavy atom. The average molecular weight is 344 g/mol. The summed E-state index contributed by atoms with van der Waals surface area (Å²) in [6.45, 7) is 4.54. The van der Waals surface area contributed by atoms with Crippen molar-refractivity contribution in [3.63, 3.8) is 0 Å². The minimum absolute atomic E-state index is 0.120. The molecule has 0 radical (unpaired) electrons. The molecule has 0 aromatic carbocycles. The normalized spacial score (nSPS) is 33.3. The molecule has 0 saturated heterocycles. The van der Waals surface area contributed by atoms with Crippen molar-refractivity contribution in [3.8, 4) is 0 Å². The fourth-order valence-electron chi connectivity index (χ4n) is 3.39. The second-order valence-electron chi connectivity index (χ2n) is 6.65. The van der Waals surface area contributed by atoms with E-state index in [1.54, 1.807) is 0 Å². The van der Waals surface area contributed by atoms with Crippen LogP contribution in [0, 0.1) is 36.5 Å². The van der Waals surface area contributed by atoms with E-state index in [-0.39, 0.29) is 6.19 Å². The van der Waals surface area contributed by atoms with Gasteiger partial charge in [0, 0.05) is 0 Å². The van der Waals surface area contributed by atoms with Gasteiger partial charge in [-0.15, -0.1) is 24.0 Å². The van der Waals surface area contributed by atoms with E-state index in [9.17, 15) is 0 Å². The van der Waals surface area contributed by atoms with Gasteiger partial charge in [0.05, 0.1) is 0 Å². The molecule has 4 rings (SSSR count). The molecule has 2 saturated carbocycles. The van der Waals surface area contributed by atoms with Gasteiger partial charge in [-0.25, -0.2) is 0 Å². The fourth-order valence-corrected chi connectivity index (χ4v) is 3.39. The summed E-state index contributed by atoms with van der Waals surface area (Å²) in [4.78, 5) is 0. The van der Waals surface area contributed by atoms with Gasteiger partial charge in [0.25, 0.3) is 0 Å². The number of allylic oxidation sites excluding steroid dienone is 8. The molecular weight excluding hydrogens is 316 g/mol. The van der Waals surface area contributed by atoms with E-state index in [2.05, 4.69) is 93.7 Å². The Morgan fingerprint density at radius 1 is 0.773 bits per heavy atom. The van der Waals surface area contributed by atoms with E-state index >= 15 is 0 Å². The molecule has 0 amide bonds. The molecule has 0 bridgehead atoms. The van der Waals surface area contributed by atoms with Crippen molar-refractivity contribution in [2.45, 2.75) is 38.8 Å². The van der Waals surface area contributed by atoms with Gasteiger partial charge in [-0.05, 0) is 11.8 Å². The zero-order valence-electron chi connectivity index (χ0n) is 13.9. The summed E-state index contributed by atoms with van der Waals surface area (Å²) in [5, 5.41) is 0. The Hall–Kier alpha value is -0.109. The third-order valence-corrected chi connectivity index (χ3v) is 4.47. The van der Waals surface area contributed by atoms with Crippen LogP contribution in [0.4, 0.5) is 0 Å². The Bertz CT molecular complexity index is 394. The molecule has 4 aliphatic rings. The summed E-state index contributed by atoms with van der Waals surface area (Å²) in [5.41, 5.74) is 0. The molecule has 0 aromatic rings. The van der Waals surface area contributed by atoms with Crippen LogP contribution < -0.4 is 0 Å². The minimum atomic E-state index is 0.120. The van der Waals surface area contributed by atoms with Gasteiger partial charge in [-0.3, -0.25) is 0 Å². The topological polar surface area (TPSA) is 0 Å². The zero-order chi connectivity index (χ0) is 15.8. The van der Waals surface area contributed by atoms with Crippen molar-refractivity contribution >= 4 is 6.19 Å². The van der Waals surface area contributed by atoms with Crippen LogP contribution in [0.3, 0.4) is 0 Å². The summed E-state index contributed by atoms with van der Waals surface area (Å²) in [7, 11) is 0. The van der Waals surface area contributed by atoms with E-state index in [4.69, 9.17) is 0 Å². The van der Waals surface area contributed by atoms with Crippen LogP contribution in [0.1, 0.15) is 25.7 Å². The summed E-state index contributed by atoms with van der Waals surface area (Å²) in [6.07, 6.45) is 28.2. The number of fused-ring (bicyclic) bond motifs is 2. The van der Waals surface area contributed by atoms with E-state index in [0.29, 0.717) is 0 Å². The van der Waals surface area contributed by atoms with Crippen molar-refractivity contribution in [2.75, 3.05) is 0 Å². The quantitative estimate of drug-likeness (QED) is 0.404. The van der Waals surface area contributed by atoms with Gasteiger partial charge in [0.1, 0.15) is 0 Å². The van der Waals surface area contributed by atoms with Crippen molar-refractivity contribution in [1.82, 2.24) is 0 Å². The van der Waals surface area contributed by atoms with Crippen molar-refractivity contribution in [1.29, 1.82) is 0 Å². The van der Waals surface area contributed by atoms with Gasteiger partial charge < -0.3 is 12.8 Å². The first-order chi connectivity index (χ1) is 10.7. The van der Waals surface area contributed by atoms with Crippen molar-refractivity contribution in [2.24, 2.45) is 23.7 Å². The molecule has 22 heavy (non-hydrogen) atoms. The van der Waals surface area contributed by atoms with Crippen LogP contribution in [0.5, 0.6) is 0 Å². The van der Waals surface area contributed by atoms with Crippen LogP contribution in [-0.2, 0) is 19.2 Å². The van der Waals surface area contributed by atoms with Crippen LogP contribution in [-0.4, -0.2) is 6.19 Å². The third kappa shape index (κ3) is 6.18. The Labute approximate surface area is 149 Å². The maximum atomic E-state index is 2.42. The first kappa shape index (κ1) is 18.2. The molecule has 116 valence electrons. The van der Waals surface area contributed by atoms with Crippen molar-refractivity contribution < 1.29 is 19.2 Å². The Balaban J connectivity index is 0.000000131. The number of hydrogen-bond donors (Lipinski definition) is 0. The molecule has 4 aliphatic carbocycles. The second-order valence-corrected chi connectivity index (χ2v) is 13.3. The monoisotopic (exact) mass is 344 g/mol. The SMILES string of the molecule is C1=CC2[CH-]CCC2C=C1.C1=CC2[CH-]CCC2C=C1.C[Si](C)=[Ti+2]. The maximum absolute atomic E-state index is 2.42. The first-order valence-electron chi connectivity index (χ1n) is 8.55. The van der Waals surface area contributed by atoms with Gasteiger partial charge in [-0.1, -0.05) is 49.3 Å². The fraction of sp³-hybridized carbons (Fsp3) is 0.500. The molecule has 0 aromatic heterocycles. The molecule has 2 heteroatoms. The van der Waals surface area contributed by atoms with Gasteiger partial charge >= 0.3 is 38.5 Å². The van der Waals surface area contributed by atoms with E-state index in [1.807, 2.05) is 0 Å². The van der Waals surface area contributed by atoms with E-state index < -0.39 is 0 Å². The standard InChI is InChI=1S/2C9H11.C2H6Si.Ti/c2*1-2-5-9-7-3-6-8(9)4-1;1-3-2;/h2*1-2,4-6,8-9H,3,7H2;1-2H3;/q2*-1;;+2. The molecule has 0 heterocycles. The Morgan fingerprint density at radius 2 is 1.14 bits per heavy atom. The van der Waals surface area contributed by atoms with Crippen LogP contribution in [0.15, 0.2) is 48.6 Å². The molecule has 0 aliphatic heterocycles. The van der Waals surface area contributed by atoms with Crippen molar-refractivity contribution in [3.05, 3.63) is 61.4 Å². The molecular formula is C20H28SiTi. The molecule has 2 fully saturated rings. The molecule has 4 unspecified atom stereocenters. The molecule has 0 N–H and O–H groups in total. The second kappa shape index (κ2) is 9.90. The zero-order valence-corrected chi connectivity index (χ0v) is 16.5. The summed E-state index contributed by atoms with van der Waals surface area (Å²) in [6, 6.07) is 0. The summed E-state index contributed by atoms with van der Waals surface area (Å²) >= 11 is 2.27. The van der Waals surface area contributed by atoms with Crippen LogP contribution in [0.25, 0.3) is 0 Å². The van der Waals surface area contributed by atoms with Gasteiger partial charge in [0.2, 0.25) is 0 Å². The number of hydrogen-bond acceptors (Lipinski definition) is 0. The molecule has 0 nitrogen and oxygen atoms in total. The summed E-state index contributed by atoms with van der Waals surface area (Å²) in [5.74, 6) is 3.23. The summed E-state index contributed by atoms with van der Waals surface area (Å²) < 4.78 is 0. The molecule has 0 spiro atoms. The number of rotatable bonds is 0. The average Bonchev–Trinajstić information content (AvgIpc) is 3.16. The van der Waals surface area contributed by atoms with E-state index in [0.717, 1.165) is 23.7 Å². The van der Waals surface area contributed by atoms with E-state index in [1.165, 1.54) is 25.7 Å². The van der Waals surface area contributed by atoms with Crippen LogP contribution in [0.2, 0.25) is 13.1 Å². The molecule has 4 atom stereocenters. The van der Waals surface area contributed by atoms with Gasteiger partial charge in [-0.2, -0.15) is 12.8 Å². The third-order valence-electron chi connectivity index (χ3n) is 4.47. The van der Waals surface area contributed by atoms with Gasteiger partial charge in [0.15, 0.2) is 0 Å². The first-order valence-corrected chi connectivity index (χ1v) is 13.4.